The fourth-order valence-corrected chi connectivity index (χ4v) is 3.37. The molecule has 0 radical (unpaired) electrons. The van der Waals surface area contributed by atoms with Crippen molar-refractivity contribution >= 4 is 12.0 Å². The van der Waals surface area contributed by atoms with Crippen molar-refractivity contribution in [1.29, 1.82) is 0 Å². The van der Waals surface area contributed by atoms with Crippen molar-refractivity contribution in [3.05, 3.63) is 66.6 Å². The minimum Gasteiger partial charge on any atom is -0.359 e. The van der Waals surface area contributed by atoms with E-state index in [1.54, 1.807) is 35.1 Å². The standard InChI is InChI=1S/C21H20FN5O3S/c1-3-28-14-27-20(19(24-25-27)15-9-11-16(22)12-10-15)18-13-23-21(26(18)2)31-30-29-17-7-5-4-6-8-17/h4-13H,3,14H2,1-2H3. The number of imidazole rings is 1. The van der Waals surface area contributed by atoms with Gasteiger partial charge in [-0.2, -0.15) is 0 Å². The second-order valence-corrected chi connectivity index (χ2v) is 7.12. The van der Waals surface area contributed by atoms with E-state index in [0.717, 1.165) is 23.3 Å². The molecule has 0 bridgehead atoms. The molecule has 4 rings (SSSR count). The van der Waals surface area contributed by atoms with Crippen molar-refractivity contribution < 1.29 is 18.3 Å². The van der Waals surface area contributed by atoms with E-state index in [1.165, 1.54) is 12.1 Å². The molecule has 0 spiro atoms. The number of rotatable bonds is 9. The summed E-state index contributed by atoms with van der Waals surface area (Å²) in [7, 11) is 1.85. The summed E-state index contributed by atoms with van der Waals surface area (Å²) in [5.41, 5.74) is 2.78. The van der Waals surface area contributed by atoms with Gasteiger partial charge in [0.2, 0.25) is 0 Å². The van der Waals surface area contributed by atoms with E-state index < -0.39 is 0 Å². The molecule has 0 saturated carbocycles. The zero-order valence-corrected chi connectivity index (χ0v) is 17.8. The molecule has 4 aromatic rings. The van der Waals surface area contributed by atoms with Gasteiger partial charge in [-0.25, -0.2) is 14.1 Å². The summed E-state index contributed by atoms with van der Waals surface area (Å²) in [4.78, 5) is 9.69. The van der Waals surface area contributed by atoms with Crippen LogP contribution in [0.3, 0.4) is 0 Å². The molecular weight excluding hydrogens is 421 g/mol. The highest BCUT2D eigenvalue weighted by molar-refractivity contribution is 7.94. The van der Waals surface area contributed by atoms with E-state index in [2.05, 4.69) is 15.3 Å². The Kier molecular flexibility index (Phi) is 6.60. The first-order valence-electron chi connectivity index (χ1n) is 9.53. The molecule has 31 heavy (non-hydrogen) atoms. The number of ether oxygens (including phenoxy) is 1. The summed E-state index contributed by atoms with van der Waals surface area (Å²) in [5.74, 6) is 0.267. The second kappa shape index (κ2) is 9.73. The van der Waals surface area contributed by atoms with Gasteiger partial charge in [-0.05, 0) is 43.3 Å². The molecule has 8 nitrogen and oxygen atoms in total. The average molecular weight is 441 g/mol. The van der Waals surface area contributed by atoms with Crippen LogP contribution in [-0.4, -0.2) is 31.2 Å². The van der Waals surface area contributed by atoms with E-state index in [4.69, 9.17) is 14.0 Å². The number of nitrogens with zero attached hydrogens (tertiary/aromatic N) is 5. The first-order chi connectivity index (χ1) is 15.2. The first-order valence-corrected chi connectivity index (χ1v) is 10.3. The highest BCUT2D eigenvalue weighted by Crippen LogP contribution is 2.32. The summed E-state index contributed by atoms with van der Waals surface area (Å²) >= 11 is 0.986. The third-order valence-corrected chi connectivity index (χ3v) is 5.11. The molecule has 0 fully saturated rings. The molecule has 2 aromatic heterocycles. The van der Waals surface area contributed by atoms with Crippen LogP contribution in [0.5, 0.6) is 5.75 Å². The molecule has 0 aliphatic heterocycles. The molecule has 0 amide bonds. The van der Waals surface area contributed by atoms with Crippen LogP contribution in [0.2, 0.25) is 0 Å². The number of hydrogen-bond donors (Lipinski definition) is 0. The molecule has 0 saturated heterocycles. The summed E-state index contributed by atoms with van der Waals surface area (Å²) in [6.45, 7) is 2.66. The minimum atomic E-state index is -0.318. The Morgan fingerprint density at radius 3 is 2.58 bits per heavy atom. The van der Waals surface area contributed by atoms with Gasteiger partial charge in [0.05, 0.1) is 11.9 Å². The Hall–Kier alpha value is -3.21. The Morgan fingerprint density at radius 1 is 1.06 bits per heavy atom. The first kappa shape index (κ1) is 21.0. The lowest BCUT2D eigenvalue weighted by Gasteiger charge is -2.10. The van der Waals surface area contributed by atoms with Gasteiger partial charge in [0.15, 0.2) is 10.9 Å². The van der Waals surface area contributed by atoms with Crippen LogP contribution in [0.1, 0.15) is 6.92 Å². The quantitative estimate of drug-likeness (QED) is 0.215. The van der Waals surface area contributed by atoms with E-state index in [0.29, 0.717) is 28.9 Å². The number of para-hydroxylation sites is 1. The molecule has 2 aromatic carbocycles. The molecule has 0 unspecified atom stereocenters. The lowest BCUT2D eigenvalue weighted by Crippen LogP contribution is -2.08. The van der Waals surface area contributed by atoms with Crippen molar-refractivity contribution in [3.8, 4) is 28.4 Å². The van der Waals surface area contributed by atoms with Crippen LogP contribution in [0, 0.1) is 5.82 Å². The predicted molar refractivity (Wildman–Crippen MR) is 113 cm³/mol. The maximum Gasteiger partial charge on any atom is 0.200 e. The lowest BCUT2D eigenvalue weighted by molar-refractivity contribution is -0.0782. The second-order valence-electron chi connectivity index (χ2n) is 6.45. The molecule has 0 N–H and O–H groups in total. The maximum absolute atomic E-state index is 13.4. The van der Waals surface area contributed by atoms with Crippen molar-refractivity contribution in [2.24, 2.45) is 7.05 Å². The van der Waals surface area contributed by atoms with E-state index in [1.807, 2.05) is 36.7 Å². The zero-order chi connectivity index (χ0) is 21.6. The van der Waals surface area contributed by atoms with Gasteiger partial charge in [-0.3, -0.25) is 0 Å². The minimum absolute atomic E-state index is 0.224. The van der Waals surface area contributed by atoms with E-state index in [-0.39, 0.29) is 12.5 Å². The maximum atomic E-state index is 13.4. The van der Waals surface area contributed by atoms with Gasteiger partial charge in [-0.1, -0.05) is 23.4 Å². The number of hydrogen-bond acceptors (Lipinski definition) is 7. The van der Waals surface area contributed by atoms with Gasteiger partial charge >= 0.3 is 0 Å². The number of aromatic nitrogens is 5. The topological polar surface area (TPSA) is 76.2 Å². The van der Waals surface area contributed by atoms with Gasteiger partial charge in [0.1, 0.15) is 36.0 Å². The molecule has 160 valence electrons. The molecule has 10 heteroatoms. The summed E-state index contributed by atoms with van der Waals surface area (Å²) < 4.78 is 27.7. The van der Waals surface area contributed by atoms with Crippen molar-refractivity contribution in [3.63, 3.8) is 0 Å². The third-order valence-electron chi connectivity index (χ3n) is 4.44. The van der Waals surface area contributed by atoms with Crippen LogP contribution in [0.15, 0.2) is 66.0 Å². The molecular formula is C21H20FN5O3S. The normalized spacial score (nSPS) is 11.1. The fraction of sp³-hybridized carbons (Fsp3) is 0.190. The zero-order valence-electron chi connectivity index (χ0n) is 16.9. The molecule has 0 atom stereocenters. The largest absolute Gasteiger partial charge is 0.359 e. The molecule has 2 heterocycles. The molecule has 0 aliphatic carbocycles. The van der Waals surface area contributed by atoms with Crippen molar-refractivity contribution in [2.45, 2.75) is 18.8 Å². The SMILES string of the molecule is CCOCn1nnc(-c2ccc(F)cc2)c1-c1cnc(SOOc2ccccc2)n1C. The average Bonchev–Trinajstić information content (AvgIpc) is 3.37. The Balaban J connectivity index is 1.62. The smallest absolute Gasteiger partial charge is 0.200 e. The van der Waals surface area contributed by atoms with Crippen LogP contribution in [-0.2, 0) is 22.8 Å². The Bertz CT molecular complexity index is 1130. The number of benzene rings is 2. The van der Waals surface area contributed by atoms with E-state index >= 15 is 0 Å². The van der Waals surface area contributed by atoms with Crippen molar-refractivity contribution in [2.75, 3.05) is 6.61 Å². The monoisotopic (exact) mass is 441 g/mol. The van der Waals surface area contributed by atoms with Crippen LogP contribution in [0.4, 0.5) is 4.39 Å². The van der Waals surface area contributed by atoms with Crippen LogP contribution in [0.25, 0.3) is 22.6 Å². The van der Waals surface area contributed by atoms with Gasteiger partial charge in [0, 0.05) is 19.2 Å². The highest BCUT2D eigenvalue weighted by atomic mass is 32.2. The van der Waals surface area contributed by atoms with Crippen LogP contribution >= 0.6 is 12.0 Å². The molecule has 0 aliphatic rings. The van der Waals surface area contributed by atoms with Crippen LogP contribution < -0.4 is 4.89 Å². The van der Waals surface area contributed by atoms with Gasteiger partial charge < -0.3 is 14.2 Å². The summed E-state index contributed by atoms with van der Waals surface area (Å²) in [5, 5.41) is 9.10. The lowest BCUT2D eigenvalue weighted by atomic mass is 10.1. The van der Waals surface area contributed by atoms with Crippen molar-refractivity contribution in [1.82, 2.24) is 24.5 Å². The highest BCUT2D eigenvalue weighted by Gasteiger charge is 2.21. The summed E-state index contributed by atoms with van der Waals surface area (Å²) in [6.07, 6.45) is 1.70. The predicted octanol–water partition coefficient (Wildman–Crippen LogP) is 4.50. The van der Waals surface area contributed by atoms with Gasteiger partial charge in [-0.15, -0.1) is 9.43 Å². The third kappa shape index (κ3) is 4.76. The Labute approximate surface area is 182 Å². The van der Waals surface area contributed by atoms with Gasteiger partial charge in [0.25, 0.3) is 0 Å². The number of halogens is 1. The summed E-state index contributed by atoms with van der Waals surface area (Å²) in [6, 6.07) is 15.3. The fourth-order valence-electron chi connectivity index (χ4n) is 2.89. The Morgan fingerprint density at radius 2 is 1.84 bits per heavy atom. The van der Waals surface area contributed by atoms with E-state index in [9.17, 15) is 4.39 Å².